The van der Waals surface area contributed by atoms with E-state index in [9.17, 15) is 31.9 Å². The van der Waals surface area contributed by atoms with Gasteiger partial charge in [0.15, 0.2) is 0 Å². The van der Waals surface area contributed by atoms with Gasteiger partial charge in [0.1, 0.15) is 11.5 Å². The number of carbonyl (C=O) groups excluding carboxylic acids is 1. The molecule has 3 aromatic rings. The van der Waals surface area contributed by atoms with Crippen molar-refractivity contribution in [2.45, 2.75) is 12.7 Å². The zero-order valence-corrected chi connectivity index (χ0v) is 16.6. The van der Waals surface area contributed by atoms with Crippen LogP contribution in [0, 0.1) is 5.82 Å². The van der Waals surface area contributed by atoms with Gasteiger partial charge in [-0.05, 0) is 17.7 Å². The van der Waals surface area contributed by atoms with Crippen molar-refractivity contribution >= 4 is 17.5 Å². The number of halogens is 5. The normalized spacial score (nSPS) is 11.4. The standard InChI is InChI=1S/C20H14ClF4N3O3/c1-27-16(20(23,24)25)9-17(29)28(19(27)31)15-7-12(13(21)8-14(15)22)18(30)26-10-11-5-3-2-4-6-11/h2-9H,10H2,1H3,(H,26,30). The molecule has 6 nitrogen and oxygen atoms in total. The second kappa shape index (κ2) is 8.38. The van der Waals surface area contributed by atoms with Crippen LogP contribution in [0.3, 0.4) is 0 Å². The molecule has 11 heteroatoms. The number of nitrogens with one attached hydrogen (secondary N) is 1. The summed E-state index contributed by atoms with van der Waals surface area (Å²) in [4.78, 5) is 37.2. The summed E-state index contributed by atoms with van der Waals surface area (Å²) >= 11 is 5.94. The summed E-state index contributed by atoms with van der Waals surface area (Å²) in [6.07, 6.45) is -4.97. The topological polar surface area (TPSA) is 73.1 Å². The average Bonchev–Trinajstić information content (AvgIpc) is 2.70. The first-order valence-corrected chi connectivity index (χ1v) is 9.10. The van der Waals surface area contributed by atoms with E-state index in [1.165, 1.54) is 0 Å². The number of alkyl halides is 3. The minimum absolute atomic E-state index is 0.116. The number of amides is 1. The Kier molecular flexibility index (Phi) is 6.03. The quantitative estimate of drug-likeness (QED) is 0.614. The second-order valence-electron chi connectivity index (χ2n) is 6.49. The highest BCUT2D eigenvalue weighted by atomic mass is 35.5. The zero-order chi connectivity index (χ0) is 22.9. The van der Waals surface area contributed by atoms with Crippen LogP contribution in [0.15, 0.2) is 58.1 Å². The van der Waals surface area contributed by atoms with Crippen LogP contribution in [-0.2, 0) is 19.8 Å². The van der Waals surface area contributed by atoms with Gasteiger partial charge < -0.3 is 5.32 Å². The van der Waals surface area contributed by atoms with Crippen molar-refractivity contribution in [2.75, 3.05) is 0 Å². The predicted molar refractivity (Wildman–Crippen MR) is 105 cm³/mol. The van der Waals surface area contributed by atoms with Crippen LogP contribution in [-0.4, -0.2) is 15.0 Å². The molecule has 2 aromatic carbocycles. The lowest BCUT2D eigenvalue weighted by atomic mass is 10.1. The maximum atomic E-state index is 14.5. The van der Waals surface area contributed by atoms with Gasteiger partial charge in [-0.1, -0.05) is 41.9 Å². The molecule has 31 heavy (non-hydrogen) atoms. The fourth-order valence-electron chi connectivity index (χ4n) is 2.88. The number of aromatic nitrogens is 2. The van der Waals surface area contributed by atoms with Gasteiger partial charge in [0.25, 0.3) is 11.5 Å². The molecule has 0 spiro atoms. The molecule has 1 N–H and O–H groups in total. The van der Waals surface area contributed by atoms with E-state index in [2.05, 4.69) is 5.32 Å². The Morgan fingerprint density at radius 3 is 2.35 bits per heavy atom. The van der Waals surface area contributed by atoms with Crippen LogP contribution in [0.25, 0.3) is 5.69 Å². The molecule has 0 aliphatic rings. The summed E-state index contributed by atoms with van der Waals surface area (Å²) in [6, 6.07) is 10.5. The smallest absolute Gasteiger partial charge is 0.348 e. The minimum atomic E-state index is -4.97. The molecule has 0 fully saturated rings. The highest BCUT2D eigenvalue weighted by molar-refractivity contribution is 6.33. The molecule has 0 unspecified atom stereocenters. The van der Waals surface area contributed by atoms with E-state index in [0.717, 1.165) is 18.7 Å². The van der Waals surface area contributed by atoms with Gasteiger partial charge in [-0.3, -0.25) is 14.2 Å². The second-order valence-corrected chi connectivity index (χ2v) is 6.90. The molecule has 3 rings (SSSR count). The van der Waals surface area contributed by atoms with Crippen molar-refractivity contribution in [1.29, 1.82) is 0 Å². The molecular weight excluding hydrogens is 442 g/mol. The SMILES string of the molecule is Cn1c(C(F)(F)F)cc(=O)n(-c2cc(C(=O)NCc3ccccc3)c(Cl)cc2F)c1=O. The van der Waals surface area contributed by atoms with Gasteiger partial charge in [-0.25, -0.2) is 13.8 Å². The Morgan fingerprint density at radius 1 is 1.10 bits per heavy atom. The monoisotopic (exact) mass is 455 g/mol. The van der Waals surface area contributed by atoms with Crippen LogP contribution in [0.4, 0.5) is 17.6 Å². The molecule has 0 radical (unpaired) electrons. The van der Waals surface area contributed by atoms with Gasteiger partial charge in [0.05, 0.1) is 16.3 Å². The summed E-state index contributed by atoms with van der Waals surface area (Å²) in [7, 11) is 0.794. The lowest BCUT2D eigenvalue weighted by Crippen LogP contribution is -2.41. The lowest BCUT2D eigenvalue weighted by Gasteiger charge is -2.15. The Hall–Kier alpha value is -3.40. The fourth-order valence-corrected chi connectivity index (χ4v) is 3.11. The molecule has 162 valence electrons. The van der Waals surface area contributed by atoms with E-state index >= 15 is 0 Å². The van der Waals surface area contributed by atoms with Crippen molar-refractivity contribution in [3.8, 4) is 5.69 Å². The average molecular weight is 456 g/mol. The van der Waals surface area contributed by atoms with Gasteiger partial charge in [0, 0.05) is 19.7 Å². The van der Waals surface area contributed by atoms with Crippen molar-refractivity contribution < 1.29 is 22.4 Å². The van der Waals surface area contributed by atoms with Crippen LogP contribution in [0.2, 0.25) is 5.02 Å². The third-order valence-electron chi connectivity index (χ3n) is 4.43. The van der Waals surface area contributed by atoms with Crippen LogP contribution >= 0.6 is 11.6 Å². The summed E-state index contributed by atoms with van der Waals surface area (Å²) in [6.45, 7) is 0.116. The summed E-state index contributed by atoms with van der Waals surface area (Å²) in [5.41, 5.74) is -4.53. The van der Waals surface area contributed by atoms with E-state index < -0.39 is 40.5 Å². The van der Waals surface area contributed by atoms with Crippen molar-refractivity contribution in [2.24, 2.45) is 7.05 Å². The molecule has 0 saturated carbocycles. The molecule has 0 bridgehead atoms. The van der Waals surface area contributed by atoms with E-state index in [0.29, 0.717) is 6.07 Å². The summed E-state index contributed by atoms with van der Waals surface area (Å²) in [5.74, 6) is -1.89. The van der Waals surface area contributed by atoms with E-state index in [-0.39, 0.29) is 32.3 Å². The minimum Gasteiger partial charge on any atom is -0.348 e. The third-order valence-corrected chi connectivity index (χ3v) is 4.74. The highest BCUT2D eigenvalue weighted by Gasteiger charge is 2.35. The number of carbonyl (C=O) groups is 1. The lowest BCUT2D eigenvalue weighted by molar-refractivity contribution is -0.144. The molecular formula is C20H14ClF4N3O3. The highest BCUT2D eigenvalue weighted by Crippen LogP contribution is 2.27. The molecule has 1 heterocycles. The van der Waals surface area contributed by atoms with Crippen LogP contribution in [0.5, 0.6) is 0 Å². The number of nitrogens with zero attached hydrogens (tertiary/aromatic N) is 2. The number of hydrogen-bond donors (Lipinski definition) is 1. The molecule has 0 aliphatic carbocycles. The van der Waals surface area contributed by atoms with Gasteiger partial charge in [-0.2, -0.15) is 13.2 Å². The van der Waals surface area contributed by atoms with E-state index in [1.54, 1.807) is 30.3 Å². The largest absolute Gasteiger partial charge is 0.431 e. The predicted octanol–water partition coefficient (Wildman–Crippen LogP) is 3.28. The Bertz CT molecular complexity index is 1270. The molecule has 1 aromatic heterocycles. The Labute approximate surface area is 177 Å². The van der Waals surface area contributed by atoms with Crippen molar-refractivity contribution in [3.63, 3.8) is 0 Å². The molecule has 0 aliphatic heterocycles. The van der Waals surface area contributed by atoms with E-state index in [4.69, 9.17) is 11.6 Å². The Balaban J connectivity index is 2.06. The maximum Gasteiger partial charge on any atom is 0.431 e. The van der Waals surface area contributed by atoms with E-state index in [1.807, 2.05) is 0 Å². The molecule has 0 atom stereocenters. The Morgan fingerprint density at radius 2 is 1.74 bits per heavy atom. The number of benzene rings is 2. The van der Waals surface area contributed by atoms with Crippen molar-refractivity contribution in [1.82, 2.24) is 14.5 Å². The number of hydrogen-bond acceptors (Lipinski definition) is 3. The zero-order valence-electron chi connectivity index (χ0n) is 15.8. The molecule has 0 saturated heterocycles. The first-order valence-electron chi connectivity index (χ1n) is 8.72. The summed E-state index contributed by atoms with van der Waals surface area (Å²) < 4.78 is 53.9. The molecule has 1 amide bonds. The van der Waals surface area contributed by atoms with Crippen LogP contribution in [0.1, 0.15) is 21.6 Å². The fraction of sp³-hybridized carbons (Fsp3) is 0.150. The maximum absolute atomic E-state index is 14.5. The van der Waals surface area contributed by atoms with Gasteiger partial charge >= 0.3 is 11.9 Å². The first kappa shape index (κ1) is 22.3. The summed E-state index contributed by atoms with van der Waals surface area (Å²) in [5, 5.41) is 2.26. The van der Waals surface area contributed by atoms with Gasteiger partial charge in [0.2, 0.25) is 0 Å². The first-order chi connectivity index (χ1) is 14.5. The van der Waals surface area contributed by atoms with Crippen molar-refractivity contribution in [3.05, 3.63) is 97.0 Å². The number of rotatable bonds is 4. The van der Waals surface area contributed by atoms with Crippen LogP contribution < -0.4 is 16.6 Å². The van der Waals surface area contributed by atoms with Gasteiger partial charge in [-0.15, -0.1) is 0 Å². The third kappa shape index (κ3) is 4.53.